The second-order valence-electron chi connectivity index (χ2n) is 6.90. The molecule has 0 saturated heterocycles. The summed E-state index contributed by atoms with van der Waals surface area (Å²) in [5, 5.41) is 3.53. The summed E-state index contributed by atoms with van der Waals surface area (Å²) in [6.45, 7) is 7.24. The lowest BCUT2D eigenvalue weighted by molar-refractivity contribution is -0.121. The first-order chi connectivity index (χ1) is 14.0. The maximum atomic E-state index is 12.7. The number of thiophene rings is 1. The molecular formula is C21H26N4O3S. The Hall–Kier alpha value is -2.74. The number of carbonyl (C=O) groups is 1. The molecule has 3 rings (SSSR count). The van der Waals surface area contributed by atoms with Gasteiger partial charge >= 0.3 is 0 Å². The molecule has 7 nitrogen and oxygen atoms in total. The van der Waals surface area contributed by atoms with Crippen LogP contribution in [-0.2, 0) is 17.9 Å². The predicted molar refractivity (Wildman–Crippen MR) is 114 cm³/mol. The van der Waals surface area contributed by atoms with Gasteiger partial charge in [-0.05, 0) is 31.9 Å². The molecule has 0 fully saturated rings. The number of rotatable bonds is 9. The van der Waals surface area contributed by atoms with Gasteiger partial charge in [-0.1, -0.05) is 19.4 Å². The summed E-state index contributed by atoms with van der Waals surface area (Å²) >= 11 is 1.52. The van der Waals surface area contributed by atoms with Gasteiger partial charge in [-0.25, -0.2) is 9.97 Å². The van der Waals surface area contributed by atoms with Crippen molar-refractivity contribution in [3.8, 4) is 5.88 Å². The topological polar surface area (TPSA) is 86.1 Å². The molecule has 0 aliphatic carbocycles. The molecule has 0 spiro atoms. The molecule has 3 heterocycles. The van der Waals surface area contributed by atoms with Crippen LogP contribution in [0.5, 0.6) is 5.88 Å². The molecule has 1 amide bonds. The number of fused-ring (bicyclic) bond motifs is 1. The number of ether oxygens (including phenoxy) is 1. The highest BCUT2D eigenvalue weighted by atomic mass is 32.1. The smallest absolute Gasteiger partial charge is 0.262 e. The summed E-state index contributed by atoms with van der Waals surface area (Å²) < 4.78 is 7.20. The molecule has 3 aromatic heterocycles. The zero-order valence-corrected chi connectivity index (χ0v) is 17.8. The van der Waals surface area contributed by atoms with Crippen LogP contribution in [0.15, 0.2) is 29.5 Å². The van der Waals surface area contributed by atoms with Crippen LogP contribution >= 0.6 is 11.3 Å². The Morgan fingerprint density at radius 2 is 2.14 bits per heavy atom. The zero-order chi connectivity index (χ0) is 20.8. The molecule has 8 heteroatoms. The molecule has 3 aromatic rings. The lowest BCUT2D eigenvalue weighted by atomic mass is 10.2. The van der Waals surface area contributed by atoms with Crippen LogP contribution in [0, 0.1) is 13.8 Å². The molecule has 0 unspecified atom stereocenters. The monoisotopic (exact) mass is 414 g/mol. The summed E-state index contributed by atoms with van der Waals surface area (Å²) in [5.41, 5.74) is 1.71. The van der Waals surface area contributed by atoms with Crippen molar-refractivity contribution in [1.29, 1.82) is 0 Å². The zero-order valence-electron chi connectivity index (χ0n) is 17.0. The van der Waals surface area contributed by atoms with Crippen molar-refractivity contribution in [1.82, 2.24) is 19.9 Å². The standard InChI is InChI=1S/C21H26N4O3S/c1-4-5-11-28-19-16(7-6-9-22-19)12-23-17(26)8-10-25-13-24-20-18(21(25)27)14(2)15(3)29-20/h6-7,9,13H,4-5,8,10-12H2,1-3H3,(H,23,26). The van der Waals surface area contributed by atoms with Crippen molar-refractivity contribution in [3.05, 3.63) is 51.0 Å². The number of amides is 1. The summed E-state index contributed by atoms with van der Waals surface area (Å²) in [5.74, 6) is 0.411. The van der Waals surface area contributed by atoms with Crippen LogP contribution in [0.4, 0.5) is 0 Å². The molecule has 0 atom stereocenters. The molecule has 0 bridgehead atoms. The van der Waals surface area contributed by atoms with E-state index in [0.29, 0.717) is 24.4 Å². The number of hydrogen-bond acceptors (Lipinski definition) is 6. The quantitative estimate of drug-likeness (QED) is 0.543. The highest BCUT2D eigenvalue weighted by Gasteiger charge is 2.13. The lowest BCUT2D eigenvalue weighted by Crippen LogP contribution is -2.27. The third kappa shape index (κ3) is 5.00. The molecule has 0 aromatic carbocycles. The van der Waals surface area contributed by atoms with Crippen LogP contribution in [0.3, 0.4) is 0 Å². The molecule has 29 heavy (non-hydrogen) atoms. The van der Waals surface area contributed by atoms with Gasteiger partial charge in [0.15, 0.2) is 0 Å². The number of carbonyl (C=O) groups excluding carboxylic acids is 1. The van der Waals surface area contributed by atoms with Crippen LogP contribution in [0.1, 0.15) is 42.2 Å². The van der Waals surface area contributed by atoms with Crippen molar-refractivity contribution in [3.63, 3.8) is 0 Å². The maximum absolute atomic E-state index is 12.7. The van der Waals surface area contributed by atoms with E-state index in [1.54, 1.807) is 6.20 Å². The van der Waals surface area contributed by atoms with Crippen LogP contribution in [0.2, 0.25) is 0 Å². The van der Waals surface area contributed by atoms with Gasteiger partial charge in [0.1, 0.15) is 4.83 Å². The third-order valence-corrected chi connectivity index (χ3v) is 5.91. The summed E-state index contributed by atoms with van der Waals surface area (Å²) in [7, 11) is 0. The number of unbranched alkanes of at least 4 members (excludes halogenated alkanes) is 1. The van der Waals surface area contributed by atoms with Crippen molar-refractivity contribution < 1.29 is 9.53 Å². The molecule has 0 aliphatic rings. The number of aryl methyl sites for hydroxylation is 3. The van der Waals surface area contributed by atoms with E-state index in [4.69, 9.17) is 4.74 Å². The second-order valence-corrected chi connectivity index (χ2v) is 8.11. The fraction of sp³-hybridized carbons (Fsp3) is 0.429. The number of nitrogens with zero attached hydrogens (tertiary/aromatic N) is 3. The second kappa shape index (κ2) is 9.65. The fourth-order valence-corrected chi connectivity index (χ4v) is 3.92. The van der Waals surface area contributed by atoms with Gasteiger partial charge in [0, 0.05) is 36.1 Å². The van der Waals surface area contributed by atoms with Gasteiger partial charge in [0.05, 0.1) is 18.3 Å². The average molecular weight is 415 g/mol. The average Bonchev–Trinajstić information content (AvgIpc) is 3.01. The van der Waals surface area contributed by atoms with Crippen LogP contribution in [-0.4, -0.2) is 27.0 Å². The lowest BCUT2D eigenvalue weighted by Gasteiger charge is -2.11. The largest absolute Gasteiger partial charge is 0.477 e. The Morgan fingerprint density at radius 3 is 2.93 bits per heavy atom. The van der Waals surface area contributed by atoms with Crippen LogP contribution in [0.25, 0.3) is 10.2 Å². The van der Waals surface area contributed by atoms with E-state index < -0.39 is 0 Å². The minimum atomic E-state index is -0.140. The number of pyridine rings is 1. The van der Waals surface area contributed by atoms with E-state index in [-0.39, 0.29) is 24.4 Å². The van der Waals surface area contributed by atoms with E-state index in [9.17, 15) is 9.59 Å². The maximum Gasteiger partial charge on any atom is 0.262 e. The summed E-state index contributed by atoms with van der Waals surface area (Å²) in [6, 6.07) is 3.71. The van der Waals surface area contributed by atoms with Crippen LogP contribution < -0.4 is 15.6 Å². The van der Waals surface area contributed by atoms with Gasteiger partial charge in [-0.2, -0.15) is 0 Å². The molecule has 154 valence electrons. The van der Waals surface area contributed by atoms with Crippen molar-refractivity contribution >= 4 is 27.5 Å². The first-order valence-corrected chi connectivity index (χ1v) is 10.6. The van der Waals surface area contributed by atoms with Gasteiger partial charge < -0.3 is 10.1 Å². The van der Waals surface area contributed by atoms with E-state index in [0.717, 1.165) is 33.7 Å². The first kappa shape index (κ1) is 21.0. The number of hydrogen-bond donors (Lipinski definition) is 1. The van der Waals surface area contributed by atoms with Crippen molar-refractivity contribution in [2.24, 2.45) is 0 Å². The molecular weight excluding hydrogens is 388 g/mol. The van der Waals surface area contributed by atoms with Gasteiger partial charge in [-0.15, -0.1) is 11.3 Å². The van der Waals surface area contributed by atoms with Gasteiger partial charge in [-0.3, -0.25) is 14.2 Å². The fourth-order valence-electron chi connectivity index (χ4n) is 2.94. The van der Waals surface area contributed by atoms with Gasteiger partial charge in [0.25, 0.3) is 5.56 Å². The Labute approximate surface area is 173 Å². The summed E-state index contributed by atoms with van der Waals surface area (Å²) in [6.07, 6.45) is 5.40. The molecule has 0 saturated carbocycles. The minimum Gasteiger partial charge on any atom is -0.477 e. The summed E-state index contributed by atoms with van der Waals surface area (Å²) in [4.78, 5) is 35.5. The van der Waals surface area contributed by atoms with E-state index in [1.807, 2.05) is 26.0 Å². The number of nitrogens with one attached hydrogen (secondary N) is 1. The predicted octanol–water partition coefficient (Wildman–Crippen LogP) is 3.36. The Balaban J connectivity index is 1.59. The Kier molecular flexibility index (Phi) is 6.98. The van der Waals surface area contributed by atoms with Crippen molar-refractivity contribution in [2.45, 2.75) is 53.1 Å². The SMILES string of the molecule is CCCCOc1ncccc1CNC(=O)CCn1cnc2sc(C)c(C)c2c1=O. The van der Waals surface area contributed by atoms with E-state index in [1.165, 1.54) is 22.2 Å². The Bertz CT molecular complexity index is 1060. The van der Waals surface area contributed by atoms with Gasteiger partial charge in [0.2, 0.25) is 11.8 Å². The third-order valence-electron chi connectivity index (χ3n) is 4.80. The highest BCUT2D eigenvalue weighted by molar-refractivity contribution is 7.18. The van der Waals surface area contributed by atoms with E-state index in [2.05, 4.69) is 22.2 Å². The van der Waals surface area contributed by atoms with E-state index >= 15 is 0 Å². The number of aromatic nitrogens is 3. The van der Waals surface area contributed by atoms with Crippen molar-refractivity contribution in [2.75, 3.05) is 6.61 Å². The molecule has 0 radical (unpaired) electrons. The highest BCUT2D eigenvalue weighted by Crippen LogP contribution is 2.25. The molecule has 1 N–H and O–H groups in total. The Morgan fingerprint density at radius 1 is 1.31 bits per heavy atom. The normalized spacial score (nSPS) is 11.0. The first-order valence-electron chi connectivity index (χ1n) is 9.79. The minimum absolute atomic E-state index is 0.0940. The molecule has 0 aliphatic heterocycles.